The summed E-state index contributed by atoms with van der Waals surface area (Å²) >= 11 is 0. The van der Waals surface area contributed by atoms with Crippen molar-refractivity contribution in [3.63, 3.8) is 0 Å². The Morgan fingerprint density at radius 3 is 1.29 bits per heavy atom. The molecule has 3 rings (SSSR count). The largest absolute Gasteiger partial charge is 0.488 e. The number of hydrogen-bond donors (Lipinski definition) is 0. The lowest BCUT2D eigenvalue weighted by Gasteiger charge is -2.22. The van der Waals surface area contributed by atoms with Crippen LogP contribution in [0.5, 0.6) is 11.5 Å². The first-order valence-corrected chi connectivity index (χ1v) is 12.3. The lowest BCUT2D eigenvalue weighted by molar-refractivity contribution is -0.151. The smallest absolute Gasteiger partial charge is 0.303 e. The predicted octanol–water partition coefficient (Wildman–Crippen LogP) is 5.02. The molecular weight excluding hydrogens is 488 g/mol. The number of fused-ring (bicyclic) bond motifs is 2. The summed E-state index contributed by atoms with van der Waals surface area (Å²) in [6.45, 7) is 11.2. The second-order valence-corrected chi connectivity index (χ2v) is 8.49. The summed E-state index contributed by atoms with van der Waals surface area (Å²) in [6, 6.07) is 15.4. The Labute approximate surface area is 222 Å². The number of esters is 2. The second kappa shape index (κ2) is 14.8. The van der Waals surface area contributed by atoms with Crippen LogP contribution in [0, 0.1) is 0 Å². The van der Waals surface area contributed by atoms with Crippen molar-refractivity contribution in [1.82, 2.24) is 0 Å². The minimum Gasteiger partial charge on any atom is -0.488 e. The Balaban J connectivity index is 1.94. The summed E-state index contributed by atoms with van der Waals surface area (Å²) in [4.78, 5) is 23.3. The highest BCUT2D eigenvalue weighted by atomic mass is 16.6. The van der Waals surface area contributed by atoms with Crippen LogP contribution in [0.2, 0.25) is 0 Å². The molecule has 0 aliphatic rings. The Bertz CT molecular complexity index is 1100. The normalized spacial score (nSPS) is 12.5. The molecule has 0 radical (unpaired) electrons. The van der Waals surface area contributed by atoms with Crippen LogP contribution in [0.4, 0.5) is 0 Å². The Morgan fingerprint density at radius 2 is 1.00 bits per heavy atom. The maximum absolute atomic E-state index is 11.6. The van der Waals surface area contributed by atoms with E-state index in [1.165, 1.54) is 13.8 Å². The molecule has 3 aromatic rings. The highest BCUT2D eigenvalue weighted by Crippen LogP contribution is 2.42. The third-order valence-electron chi connectivity index (χ3n) is 5.40. The van der Waals surface area contributed by atoms with Gasteiger partial charge < -0.3 is 28.4 Å². The van der Waals surface area contributed by atoms with Gasteiger partial charge in [-0.1, -0.05) is 60.7 Å². The Hall–Kier alpha value is -3.88. The molecule has 202 valence electrons. The van der Waals surface area contributed by atoms with E-state index in [0.717, 1.165) is 21.5 Å². The van der Waals surface area contributed by atoms with Gasteiger partial charge in [0.05, 0.1) is 26.4 Å². The van der Waals surface area contributed by atoms with Crippen LogP contribution in [0.3, 0.4) is 0 Å². The van der Waals surface area contributed by atoms with Gasteiger partial charge in [0.15, 0.2) is 12.2 Å². The molecule has 0 saturated carbocycles. The fourth-order valence-corrected chi connectivity index (χ4v) is 3.98. The van der Waals surface area contributed by atoms with Gasteiger partial charge in [0, 0.05) is 35.4 Å². The van der Waals surface area contributed by atoms with Gasteiger partial charge in [-0.2, -0.15) is 0 Å². The lowest BCUT2D eigenvalue weighted by atomic mass is 10.0. The number of rotatable bonds is 16. The molecular formula is C30H34O8. The second-order valence-electron chi connectivity index (χ2n) is 8.49. The predicted molar refractivity (Wildman–Crippen MR) is 146 cm³/mol. The first kappa shape index (κ1) is 28.7. The van der Waals surface area contributed by atoms with Crippen molar-refractivity contribution in [3.05, 3.63) is 73.8 Å². The van der Waals surface area contributed by atoms with Crippen LogP contribution in [0.1, 0.15) is 13.8 Å². The van der Waals surface area contributed by atoms with Crippen molar-refractivity contribution >= 4 is 33.5 Å². The molecule has 0 N–H and O–H groups in total. The standard InChI is InChI=1S/C30H34O8/c1-5-15-33-17-23(37-21(3)31)19-35-29-25-11-7-9-13-27(25)30(28-14-10-8-12-26(28)29)36-20-24(38-22(4)32)18-34-16-6-2/h5-14,23-24H,1-2,15-20H2,3-4H3. The average Bonchev–Trinajstić information content (AvgIpc) is 2.89. The molecule has 0 heterocycles. The van der Waals surface area contributed by atoms with E-state index in [2.05, 4.69) is 13.2 Å². The van der Waals surface area contributed by atoms with E-state index < -0.39 is 24.1 Å². The van der Waals surface area contributed by atoms with Crippen LogP contribution in [0.15, 0.2) is 73.8 Å². The zero-order chi connectivity index (χ0) is 27.3. The van der Waals surface area contributed by atoms with Gasteiger partial charge in [-0.05, 0) is 0 Å². The van der Waals surface area contributed by atoms with Crippen molar-refractivity contribution in [3.8, 4) is 11.5 Å². The fourth-order valence-electron chi connectivity index (χ4n) is 3.98. The summed E-state index contributed by atoms with van der Waals surface area (Å²) in [5.41, 5.74) is 0. The molecule has 0 aliphatic heterocycles. The maximum Gasteiger partial charge on any atom is 0.303 e. The summed E-state index contributed by atoms with van der Waals surface area (Å²) in [6.07, 6.45) is 2.06. The van der Waals surface area contributed by atoms with Crippen LogP contribution in [-0.4, -0.2) is 63.8 Å². The van der Waals surface area contributed by atoms with Crippen molar-refractivity contribution < 1.29 is 38.0 Å². The summed E-state index contributed by atoms with van der Waals surface area (Å²) in [7, 11) is 0. The van der Waals surface area contributed by atoms with Gasteiger partial charge in [-0.25, -0.2) is 0 Å². The van der Waals surface area contributed by atoms with Crippen LogP contribution in [0.25, 0.3) is 21.5 Å². The van der Waals surface area contributed by atoms with Crippen LogP contribution >= 0.6 is 0 Å². The molecule has 3 aromatic carbocycles. The minimum absolute atomic E-state index is 0.0973. The number of ether oxygens (including phenoxy) is 6. The topological polar surface area (TPSA) is 89.5 Å². The molecule has 0 aliphatic carbocycles. The van der Waals surface area contributed by atoms with E-state index in [9.17, 15) is 9.59 Å². The molecule has 0 amide bonds. The highest BCUT2D eigenvalue weighted by molar-refractivity contribution is 6.11. The first-order chi connectivity index (χ1) is 18.4. The molecule has 0 aromatic heterocycles. The van der Waals surface area contributed by atoms with E-state index in [4.69, 9.17) is 28.4 Å². The van der Waals surface area contributed by atoms with Crippen LogP contribution < -0.4 is 9.47 Å². The van der Waals surface area contributed by atoms with Crippen molar-refractivity contribution in [1.29, 1.82) is 0 Å². The minimum atomic E-state index is -0.596. The zero-order valence-corrected chi connectivity index (χ0v) is 21.9. The summed E-state index contributed by atoms with van der Waals surface area (Å²) < 4.78 is 34.4. The third kappa shape index (κ3) is 8.06. The van der Waals surface area contributed by atoms with E-state index in [1.54, 1.807) is 12.2 Å². The highest BCUT2D eigenvalue weighted by Gasteiger charge is 2.21. The Kier molecular flexibility index (Phi) is 11.1. The molecule has 0 fully saturated rings. The molecule has 2 atom stereocenters. The van der Waals surface area contributed by atoms with Gasteiger partial charge in [0.25, 0.3) is 0 Å². The van der Waals surface area contributed by atoms with Gasteiger partial charge in [0.1, 0.15) is 24.7 Å². The molecule has 8 heteroatoms. The van der Waals surface area contributed by atoms with Gasteiger partial charge in [-0.3, -0.25) is 9.59 Å². The lowest BCUT2D eigenvalue weighted by Crippen LogP contribution is -2.29. The van der Waals surface area contributed by atoms with E-state index in [0.29, 0.717) is 24.7 Å². The molecule has 2 unspecified atom stereocenters. The molecule has 38 heavy (non-hydrogen) atoms. The fraction of sp³-hybridized carbons (Fsp3) is 0.333. The average molecular weight is 523 g/mol. The maximum atomic E-state index is 11.6. The molecule has 8 nitrogen and oxygen atoms in total. The van der Waals surface area contributed by atoms with Crippen LogP contribution in [-0.2, 0) is 28.5 Å². The van der Waals surface area contributed by atoms with Crippen molar-refractivity contribution in [2.45, 2.75) is 26.1 Å². The summed E-state index contributed by atoms with van der Waals surface area (Å²) in [5, 5.41) is 3.28. The molecule has 0 bridgehead atoms. The number of benzene rings is 3. The van der Waals surface area contributed by atoms with Gasteiger partial charge in [0.2, 0.25) is 0 Å². The van der Waals surface area contributed by atoms with Gasteiger partial charge >= 0.3 is 11.9 Å². The number of carbonyl (C=O) groups excluding carboxylic acids is 2. The SMILES string of the molecule is C=CCOCC(COc1c2ccccc2c(OCC(COCC=C)OC(C)=O)c2ccccc12)OC(C)=O. The monoisotopic (exact) mass is 522 g/mol. The van der Waals surface area contributed by atoms with Gasteiger partial charge in [-0.15, -0.1) is 13.2 Å². The third-order valence-corrected chi connectivity index (χ3v) is 5.40. The van der Waals surface area contributed by atoms with Crippen molar-refractivity contribution in [2.75, 3.05) is 39.6 Å². The number of hydrogen-bond acceptors (Lipinski definition) is 8. The first-order valence-electron chi connectivity index (χ1n) is 12.3. The summed E-state index contributed by atoms with van der Waals surface area (Å²) in [5.74, 6) is 0.433. The number of carbonyl (C=O) groups is 2. The zero-order valence-electron chi connectivity index (χ0n) is 21.9. The van der Waals surface area contributed by atoms with E-state index >= 15 is 0 Å². The molecule has 0 spiro atoms. The quantitative estimate of drug-likeness (QED) is 0.112. The van der Waals surface area contributed by atoms with E-state index in [1.807, 2.05) is 48.5 Å². The van der Waals surface area contributed by atoms with Crippen molar-refractivity contribution in [2.24, 2.45) is 0 Å². The Morgan fingerprint density at radius 1 is 0.658 bits per heavy atom. The molecule has 0 saturated heterocycles. The van der Waals surface area contributed by atoms with E-state index in [-0.39, 0.29) is 26.4 Å².